The van der Waals surface area contributed by atoms with E-state index in [0.29, 0.717) is 23.2 Å². The number of amidine groups is 1. The van der Waals surface area contributed by atoms with Gasteiger partial charge in [-0.2, -0.15) is 4.99 Å². The molecule has 0 unspecified atom stereocenters. The molecule has 0 spiro atoms. The number of thioether (sulfide) groups is 1. The second-order valence-electron chi connectivity index (χ2n) is 5.90. The Kier molecular flexibility index (Phi) is 5.96. The van der Waals surface area contributed by atoms with Gasteiger partial charge in [-0.15, -0.1) is 0 Å². The summed E-state index contributed by atoms with van der Waals surface area (Å²) in [5, 5.41) is 0.683. The van der Waals surface area contributed by atoms with Crippen LogP contribution in [0.4, 0.5) is 0 Å². The number of hydrogen-bond acceptors (Lipinski definition) is 5. The molecule has 1 fully saturated rings. The molecule has 0 aliphatic carbocycles. The van der Waals surface area contributed by atoms with Crippen molar-refractivity contribution >= 4 is 50.8 Å². The lowest BCUT2D eigenvalue weighted by atomic mass is 9.99. The second-order valence-corrected chi connectivity index (χ2v) is 7.82. The predicted octanol–water partition coefficient (Wildman–Crippen LogP) is 3.69. The SMILES string of the molecule is CCOC(=O)[C@H]1CCCN(C2=NC(=O)/C(=C/c3ccc(Br)cc3)S2)C1. The van der Waals surface area contributed by atoms with E-state index in [2.05, 4.69) is 20.9 Å². The van der Waals surface area contributed by atoms with Crippen molar-refractivity contribution in [3.05, 3.63) is 39.2 Å². The smallest absolute Gasteiger partial charge is 0.310 e. The number of amides is 1. The van der Waals surface area contributed by atoms with E-state index in [9.17, 15) is 9.59 Å². The van der Waals surface area contributed by atoms with Crippen molar-refractivity contribution in [2.75, 3.05) is 19.7 Å². The van der Waals surface area contributed by atoms with Gasteiger partial charge in [-0.05, 0) is 55.3 Å². The van der Waals surface area contributed by atoms with Crippen LogP contribution in [0.5, 0.6) is 0 Å². The number of carbonyl (C=O) groups excluding carboxylic acids is 2. The molecule has 1 aromatic carbocycles. The Bertz CT molecular complexity index is 730. The van der Waals surface area contributed by atoms with Gasteiger partial charge in [0.05, 0.1) is 17.4 Å². The minimum absolute atomic E-state index is 0.147. The molecular formula is C18H19BrN2O3S. The number of likely N-dealkylation sites (tertiary alicyclic amines) is 1. The Labute approximate surface area is 159 Å². The van der Waals surface area contributed by atoms with Crippen molar-refractivity contribution < 1.29 is 14.3 Å². The monoisotopic (exact) mass is 422 g/mol. The number of carbonyl (C=O) groups is 2. The molecule has 0 N–H and O–H groups in total. The first-order valence-corrected chi connectivity index (χ1v) is 9.87. The molecule has 1 saturated heterocycles. The molecule has 0 saturated carbocycles. The van der Waals surface area contributed by atoms with Gasteiger partial charge >= 0.3 is 5.97 Å². The summed E-state index contributed by atoms with van der Waals surface area (Å²) in [6.45, 7) is 3.57. The molecule has 1 amide bonds. The molecular weight excluding hydrogens is 404 g/mol. The van der Waals surface area contributed by atoms with Crippen molar-refractivity contribution in [2.24, 2.45) is 10.9 Å². The first-order valence-electron chi connectivity index (χ1n) is 8.26. The third kappa shape index (κ3) is 4.52. The molecule has 2 aliphatic heterocycles. The third-order valence-corrected chi connectivity index (χ3v) is 5.66. The fourth-order valence-electron chi connectivity index (χ4n) is 2.85. The first-order chi connectivity index (χ1) is 12.1. The summed E-state index contributed by atoms with van der Waals surface area (Å²) in [5.74, 6) is -0.527. The number of ether oxygens (including phenoxy) is 1. The highest BCUT2D eigenvalue weighted by atomic mass is 79.9. The van der Waals surface area contributed by atoms with Gasteiger partial charge in [0.25, 0.3) is 5.91 Å². The molecule has 3 rings (SSSR count). The van der Waals surface area contributed by atoms with E-state index < -0.39 is 0 Å². The topological polar surface area (TPSA) is 59.0 Å². The predicted molar refractivity (Wildman–Crippen MR) is 103 cm³/mol. The highest BCUT2D eigenvalue weighted by Crippen LogP contribution is 2.32. The summed E-state index contributed by atoms with van der Waals surface area (Å²) < 4.78 is 6.12. The summed E-state index contributed by atoms with van der Waals surface area (Å²) in [5.41, 5.74) is 0.957. The third-order valence-electron chi connectivity index (χ3n) is 4.09. The summed E-state index contributed by atoms with van der Waals surface area (Å²) in [6, 6.07) is 7.76. The van der Waals surface area contributed by atoms with Crippen LogP contribution in [-0.2, 0) is 14.3 Å². The molecule has 0 aromatic heterocycles. The Balaban J connectivity index is 1.68. The standard InChI is InChI=1S/C18H19BrN2O3S/c1-2-24-17(23)13-4-3-9-21(11-13)18-20-16(22)15(25-18)10-12-5-7-14(19)8-6-12/h5-8,10,13H,2-4,9,11H2,1H3/b15-10-/t13-/m0/s1. The summed E-state index contributed by atoms with van der Waals surface area (Å²) in [4.78, 5) is 31.0. The summed E-state index contributed by atoms with van der Waals surface area (Å²) in [7, 11) is 0. The van der Waals surface area contributed by atoms with Crippen LogP contribution in [0.3, 0.4) is 0 Å². The highest BCUT2D eigenvalue weighted by Gasteiger charge is 2.32. The molecule has 0 bridgehead atoms. The van der Waals surface area contributed by atoms with Gasteiger partial charge in [0, 0.05) is 17.6 Å². The van der Waals surface area contributed by atoms with Gasteiger partial charge in [0.1, 0.15) is 0 Å². The van der Waals surface area contributed by atoms with Crippen molar-refractivity contribution in [3.63, 3.8) is 0 Å². The van der Waals surface area contributed by atoms with E-state index >= 15 is 0 Å². The Morgan fingerprint density at radius 2 is 2.20 bits per heavy atom. The van der Waals surface area contributed by atoms with Crippen LogP contribution in [0.2, 0.25) is 0 Å². The number of piperidine rings is 1. The molecule has 5 nitrogen and oxygen atoms in total. The average Bonchev–Trinajstić information content (AvgIpc) is 2.98. The maximum absolute atomic E-state index is 12.2. The van der Waals surface area contributed by atoms with Crippen molar-refractivity contribution in [1.29, 1.82) is 0 Å². The Morgan fingerprint density at radius 3 is 2.92 bits per heavy atom. The van der Waals surface area contributed by atoms with E-state index in [1.807, 2.05) is 42.2 Å². The molecule has 7 heteroatoms. The van der Waals surface area contributed by atoms with Gasteiger partial charge in [-0.3, -0.25) is 9.59 Å². The molecule has 25 heavy (non-hydrogen) atoms. The Morgan fingerprint density at radius 1 is 1.44 bits per heavy atom. The summed E-state index contributed by atoms with van der Waals surface area (Å²) >= 11 is 4.78. The minimum atomic E-state index is -0.221. The van der Waals surface area contributed by atoms with Crippen LogP contribution in [0, 0.1) is 5.92 Å². The maximum Gasteiger partial charge on any atom is 0.310 e. The van der Waals surface area contributed by atoms with Crippen LogP contribution >= 0.6 is 27.7 Å². The molecule has 2 heterocycles. The lowest BCUT2D eigenvalue weighted by Gasteiger charge is -2.32. The quantitative estimate of drug-likeness (QED) is 0.548. The number of esters is 1. The number of halogens is 1. The van der Waals surface area contributed by atoms with E-state index in [-0.39, 0.29) is 17.8 Å². The first kappa shape index (κ1) is 18.2. The van der Waals surface area contributed by atoms with Crippen molar-refractivity contribution in [1.82, 2.24) is 4.90 Å². The van der Waals surface area contributed by atoms with Crippen molar-refractivity contribution in [3.8, 4) is 0 Å². The van der Waals surface area contributed by atoms with Crippen LogP contribution in [0.25, 0.3) is 6.08 Å². The number of rotatable bonds is 3. The zero-order valence-corrected chi connectivity index (χ0v) is 16.3. The molecule has 2 aliphatic rings. The zero-order chi connectivity index (χ0) is 17.8. The van der Waals surface area contributed by atoms with E-state index in [4.69, 9.17) is 4.74 Å². The van der Waals surface area contributed by atoms with Gasteiger partial charge in [-0.25, -0.2) is 0 Å². The van der Waals surface area contributed by atoms with Crippen LogP contribution in [-0.4, -0.2) is 41.6 Å². The fourth-order valence-corrected chi connectivity index (χ4v) is 4.06. The second kappa shape index (κ2) is 8.19. The normalized spacial score (nSPS) is 22.2. The van der Waals surface area contributed by atoms with Crippen LogP contribution in [0.1, 0.15) is 25.3 Å². The molecule has 0 radical (unpaired) electrons. The fraction of sp³-hybridized carbons (Fsp3) is 0.389. The van der Waals surface area contributed by atoms with E-state index in [1.54, 1.807) is 0 Å². The van der Waals surface area contributed by atoms with Gasteiger partial charge < -0.3 is 9.64 Å². The lowest BCUT2D eigenvalue weighted by Crippen LogP contribution is -2.41. The van der Waals surface area contributed by atoms with Crippen molar-refractivity contribution in [2.45, 2.75) is 19.8 Å². The minimum Gasteiger partial charge on any atom is -0.466 e. The van der Waals surface area contributed by atoms with Crippen LogP contribution in [0.15, 0.2) is 38.6 Å². The number of hydrogen-bond donors (Lipinski definition) is 0. The average molecular weight is 423 g/mol. The van der Waals surface area contributed by atoms with Gasteiger partial charge in [0.2, 0.25) is 0 Å². The lowest BCUT2D eigenvalue weighted by molar-refractivity contribution is -0.149. The summed E-state index contributed by atoms with van der Waals surface area (Å²) in [6.07, 6.45) is 3.56. The van der Waals surface area contributed by atoms with Gasteiger partial charge in [-0.1, -0.05) is 28.1 Å². The number of aliphatic imine (C=N–C) groups is 1. The van der Waals surface area contributed by atoms with E-state index in [0.717, 1.165) is 29.4 Å². The van der Waals surface area contributed by atoms with Crippen LogP contribution < -0.4 is 0 Å². The largest absolute Gasteiger partial charge is 0.466 e. The Hall–Kier alpha value is -1.60. The molecule has 132 valence electrons. The highest BCUT2D eigenvalue weighted by molar-refractivity contribution is 9.10. The number of benzene rings is 1. The van der Waals surface area contributed by atoms with Gasteiger partial charge in [0.15, 0.2) is 5.17 Å². The number of nitrogens with zero attached hydrogens (tertiary/aromatic N) is 2. The molecule has 1 aromatic rings. The maximum atomic E-state index is 12.2. The molecule has 1 atom stereocenters. The zero-order valence-electron chi connectivity index (χ0n) is 13.9. The van der Waals surface area contributed by atoms with E-state index in [1.165, 1.54) is 11.8 Å².